The molecular weight excluding hydrogens is 250 g/mol. The van der Waals surface area contributed by atoms with Gasteiger partial charge in [0.2, 0.25) is 5.91 Å². The number of hydrogen-bond donors (Lipinski definition) is 1. The zero-order chi connectivity index (χ0) is 14.6. The van der Waals surface area contributed by atoms with Crippen LogP contribution in [0.4, 0.5) is 0 Å². The van der Waals surface area contributed by atoms with Crippen molar-refractivity contribution in [3.05, 3.63) is 30.1 Å². The van der Waals surface area contributed by atoms with Crippen LogP contribution in [0.3, 0.4) is 0 Å². The fourth-order valence-corrected chi connectivity index (χ4v) is 2.06. The summed E-state index contributed by atoms with van der Waals surface area (Å²) in [7, 11) is 2.00. The summed E-state index contributed by atoms with van der Waals surface area (Å²) in [5.41, 5.74) is 1.01. The molecule has 112 valence electrons. The van der Waals surface area contributed by atoms with Crippen LogP contribution in [0.15, 0.2) is 24.4 Å². The van der Waals surface area contributed by atoms with Crippen molar-refractivity contribution in [2.75, 3.05) is 26.7 Å². The summed E-state index contributed by atoms with van der Waals surface area (Å²) >= 11 is 0. The van der Waals surface area contributed by atoms with Gasteiger partial charge in [-0.05, 0) is 32.1 Å². The molecule has 1 amide bonds. The number of amides is 1. The zero-order valence-electron chi connectivity index (χ0n) is 12.8. The largest absolute Gasteiger partial charge is 0.355 e. The van der Waals surface area contributed by atoms with Crippen LogP contribution in [0, 0.1) is 0 Å². The van der Waals surface area contributed by atoms with Gasteiger partial charge in [0.15, 0.2) is 0 Å². The molecule has 4 heteroatoms. The first-order valence-corrected chi connectivity index (χ1v) is 7.57. The Morgan fingerprint density at radius 3 is 2.85 bits per heavy atom. The average molecular weight is 277 g/mol. The number of nitrogens with zero attached hydrogens (tertiary/aromatic N) is 2. The van der Waals surface area contributed by atoms with Crippen molar-refractivity contribution in [1.82, 2.24) is 15.2 Å². The quantitative estimate of drug-likeness (QED) is 0.667. The maximum atomic E-state index is 11.8. The number of aromatic nitrogens is 1. The molecule has 0 saturated heterocycles. The monoisotopic (exact) mass is 277 g/mol. The van der Waals surface area contributed by atoms with Gasteiger partial charge in [-0.1, -0.05) is 32.3 Å². The van der Waals surface area contributed by atoms with Crippen LogP contribution in [-0.4, -0.2) is 42.5 Å². The van der Waals surface area contributed by atoms with Crippen molar-refractivity contribution in [3.63, 3.8) is 0 Å². The van der Waals surface area contributed by atoms with Crippen molar-refractivity contribution in [3.8, 4) is 0 Å². The highest BCUT2D eigenvalue weighted by molar-refractivity contribution is 5.77. The Balaban J connectivity index is 2.07. The lowest BCUT2D eigenvalue weighted by Crippen LogP contribution is -2.36. The SMILES string of the molecule is CCCCCCN(C)CC(=O)NCCc1ccccn1. The number of pyridine rings is 1. The number of rotatable bonds is 10. The minimum absolute atomic E-state index is 0.0962. The maximum absolute atomic E-state index is 11.8. The highest BCUT2D eigenvalue weighted by Crippen LogP contribution is 2.00. The van der Waals surface area contributed by atoms with Gasteiger partial charge in [0, 0.05) is 24.9 Å². The van der Waals surface area contributed by atoms with Crippen LogP contribution in [0.25, 0.3) is 0 Å². The summed E-state index contributed by atoms with van der Waals surface area (Å²) in [4.78, 5) is 18.1. The Labute approximate surface area is 122 Å². The molecule has 1 rings (SSSR count). The van der Waals surface area contributed by atoms with E-state index in [0.29, 0.717) is 13.1 Å². The molecule has 0 unspecified atom stereocenters. The van der Waals surface area contributed by atoms with Gasteiger partial charge in [-0.15, -0.1) is 0 Å². The van der Waals surface area contributed by atoms with E-state index in [1.54, 1.807) is 6.20 Å². The van der Waals surface area contributed by atoms with Crippen LogP contribution in [-0.2, 0) is 11.2 Å². The Kier molecular flexibility index (Phi) is 8.63. The highest BCUT2D eigenvalue weighted by Gasteiger charge is 2.05. The van der Waals surface area contributed by atoms with E-state index in [9.17, 15) is 4.79 Å². The molecule has 0 saturated carbocycles. The lowest BCUT2D eigenvalue weighted by molar-refractivity contribution is -0.121. The van der Waals surface area contributed by atoms with E-state index < -0.39 is 0 Å². The number of likely N-dealkylation sites (N-methyl/N-ethyl adjacent to an activating group) is 1. The Bertz CT molecular complexity index is 367. The average Bonchev–Trinajstić information content (AvgIpc) is 2.45. The first kappa shape index (κ1) is 16.6. The van der Waals surface area contributed by atoms with Gasteiger partial charge in [-0.25, -0.2) is 0 Å². The van der Waals surface area contributed by atoms with Gasteiger partial charge in [-0.3, -0.25) is 14.7 Å². The van der Waals surface area contributed by atoms with Gasteiger partial charge in [0.25, 0.3) is 0 Å². The lowest BCUT2D eigenvalue weighted by atomic mass is 10.2. The summed E-state index contributed by atoms with van der Waals surface area (Å²) in [5.74, 6) is 0.0962. The van der Waals surface area contributed by atoms with E-state index >= 15 is 0 Å². The Morgan fingerprint density at radius 1 is 1.30 bits per heavy atom. The van der Waals surface area contributed by atoms with E-state index in [2.05, 4.69) is 22.1 Å². The molecule has 0 aromatic carbocycles. The summed E-state index contributed by atoms with van der Waals surface area (Å²) in [6.45, 7) is 4.33. The normalized spacial score (nSPS) is 10.8. The molecule has 0 aliphatic carbocycles. The van der Waals surface area contributed by atoms with Crippen molar-refractivity contribution in [2.24, 2.45) is 0 Å². The summed E-state index contributed by atoms with van der Waals surface area (Å²) < 4.78 is 0. The van der Waals surface area contributed by atoms with E-state index in [4.69, 9.17) is 0 Å². The fraction of sp³-hybridized carbons (Fsp3) is 0.625. The van der Waals surface area contributed by atoms with Crippen LogP contribution < -0.4 is 5.32 Å². The smallest absolute Gasteiger partial charge is 0.234 e. The first-order chi connectivity index (χ1) is 9.72. The third-order valence-corrected chi connectivity index (χ3v) is 3.24. The van der Waals surface area contributed by atoms with Crippen LogP contribution in [0.2, 0.25) is 0 Å². The molecule has 4 nitrogen and oxygen atoms in total. The number of unbranched alkanes of at least 4 members (excludes halogenated alkanes) is 3. The van der Waals surface area contributed by atoms with Crippen molar-refractivity contribution >= 4 is 5.91 Å². The van der Waals surface area contributed by atoms with Crippen LogP contribution in [0.5, 0.6) is 0 Å². The van der Waals surface area contributed by atoms with Gasteiger partial charge < -0.3 is 5.32 Å². The van der Waals surface area contributed by atoms with E-state index in [1.165, 1.54) is 25.7 Å². The molecule has 0 aliphatic rings. The predicted molar refractivity (Wildman–Crippen MR) is 82.6 cm³/mol. The highest BCUT2D eigenvalue weighted by atomic mass is 16.2. The van der Waals surface area contributed by atoms with Crippen LogP contribution in [0.1, 0.15) is 38.3 Å². The second-order valence-electron chi connectivity index (χ2n) is 5.22. The number of carbonyl (C=O) groups excluding carboxylic acids is 1. The number of hydrogen-bond acceptors (Lipinski definition) is 3. The van der Waals surface area contributed by atoms with E-state index in [1.807, 2.05) is 25.2 Å². The van der Waals surface area contributed by atoms with Gasteiger partial charge in [0.05, 0.1) is 6.54 Å². The standard InChI is InChI=1S/C16H27N3O/c1-3-4-5-8-13-19(2)14-16(20)18-12-10-15-9-6-7-11-17-15/h6-7,9,11H,3-5,8,10,12-14H2,1-2H3,(H,18,20). The molecule has 0 atom stereocenters. The Morgan fingerprint density at radius 2 is 2.15 bits per heavy atom. The molecule has 1 N–H and O–H groups in total. The van der Waals surface area contributed by atoms with Crippen molar-refractivity contribution in [1.29, 1.82) is 0 Å². The minimum atomic E-state index is 0.0962. The molecule has 0 bridgehead atoms. The lowest BCUT2D eigenvalue weighted by Gasteiger charge is -2.16. The second kappa shape index (κ2) is 10.4. The summed E-state index contributed by atoms with van der Waals surface area (Å²) in [6, 6.07) is 5.84. The number of nitrogens with one attached hydrogen (secondary N) is 1. The van der Waals surface area contributed by atoms with Gasteiger partial charge >= 0.3 is 0 Å². The Hall–Kier alpha value is -1.42. The topological polar surface area (TPSA) is 45.2 Å². The van der Waals surface area contributed by atoms with Gasteiger partial charge in [0.1, 0.15) is 0 Å². The van der Waals surface area contributed by atoms with Crippen molar-refractivity contribution in [2.45, 2.75) is 39.0 Å². The zero-order valence-corrected chi connectivity index (χ0v) is 12.8. The molecule has 1 heterocycles. The molecule has 0 radical (unpaired) electrons. The first-order valence-electron chi connectivity index (χ1n) is 7.57. The summed E-state index contributed by atoms with van der Waals surface area (Å²) in [5, 5.41) is 2.94. The summed E-state index contributed by atoms with van der Waals surface area (Å²) in [6.07, 6.45) is 7.52. The maximum Gasteiger partial charge on any atom is 0.234 e. The molecule has 0 fully saturated rings. The predicted octanol–water partition coefficient (Wildman–Crippen LogP) is 2.25. The van der Waals surface area contributed by atoms with Crippen LogP contribution >= 0.6 is 0 Å². The molecule has 1 aromatic heterocycles. The molecule has 1 aromatic rings. The van der Waals surface area contributed by atoms with Crippen molar-refractivity contribution < 1.29 is 4.79 Å². The second-order valence-corrected chi connectivity index (χ2v) is 5.22. The minimum Gasteiger partial charge on any atom is -0.355 e. The van der Waals surface area contributed by atoms with E-state index in [0.717, 1.165) is 18.7 Å². The third-order valence-electron chi connectivity index (χ3n) is 3.24. The third kappa shape index (κ3) is 7.89. The fourth-order valence-electron chi connectivity index (χ4n) is 2.06. The van der Waals surface area contributed by atoms with E-state index in [-0.39, 0.29) is 5.91 Å². The number of carbonyl (C=O) groups is 1. The van der Waals surface area contributed by atoms with Gasteiger partial charge in [-0.2, -0.15) is 0 Å². The molecular formula is C16H27N3O. The molecule has 20 heavy (non-hydrogen) atoms. The molecule has 0 aliphatic heterocycles. The molecule has 0 spiro atoms.